The molecule has 119 valence electrons. The Hall–Kier alpha value is -1.88. The SMILES string of the molecule is [CH2]OS(=O)(=O)c1c(F)c(F)c2c(F)c(F)c(F)c(F)c2c1F. The van der Waals surface area contributed by atoms with E-state index in [1.807, 2.05) is 0 Å². The van der Waals surface area contributed by atoms with Crippen LogP contribution >= 0.6 is 0 Å². The highest BCUT2D eigenvalue weighted by molar-refractivity contribution is 7.86. The van der Waals surface area contributed by atoms with Crippen LogP contribution in [-0.2, 0) is 14.3 Å². The molecule has 0 unspecified atom stereocenters. The molecular weight excluding hydrogens is 345 g/mol. The second kappa shape index (κ2) is 5.09. The average molecular weight is 347 g/mol. The van der Waals surface area contributed by atoms with E-state index in [1.165, 1.54) is 0 Å². The van der Waals surface area contributed by atoms with Crippen molar-refractivity contribution >= 4 is 20.9 Å². The van der Waals surface area contributed by atoms with Crippen molar-refractivity contribution in [3.05, 3.63) is 47.8 Å². The van der Waals surface area contributed by atoms with E-state index < -0.39 is 66.5 Å². The van der Waals surface area contributed by atoms with E-state index in [4.69, 9.17) is 0 Å². The van der Waals surface area contributed by atoms with Crippen LogP contribution in [0.3, 0.4) is 0 Å². The zero-order valence-corrected chi connectivity index (χ0v) is 10.8. The molecule has 0 saturated carbocycles. The monoisotopic (exact) mass is 347 g/mol. The number of hydrogen-bond donors (Lipinski definition) is 0. The second-order valence-corrected chi connectivity index (χ2v) is 5.40. The molecule has 0 bridgehead atoms. The number of hydrogen-bond acceptors (Lipinski definition) is 3. The van der Waals surface area contributed by atoms with E-state index in [0.29, 0.717) is 0 Å². The maximum Gasteiger partial charge on any atom is 0.303 e. The van der Waals surface area contributed by atoms with Crippen LogP contribution in [0.2, 0.25) is 0 Å². The minimum absolute atomic E-state index is 1.92. The van der Waals surface area contributed by atoms with Crippen molar-refractivity contribution in [1.29, 1.82) is 0 Å². The molecule has 0 saturated heterocycles. The van der Waals surface area contributed by atoms with Crippen molar-refractivity contribution in [2.75, 3.05) is 0 Å². The van der Waals surface area contributed by atoms with E-state index in [2.05, 4.69) is 11.3 Å². The maximum absolute atomic E-state index is 14.0. The van der Waals surface area contributed by atoms with Crippen LogP contribution in [0.5, 0.6) is 0 Å². The summed E-state index contributed by atoms with van der Waals surface area (Å²) in [5, 5.41) is -3.85. The van der Waals surface area contributed by atoms with Crippen molar-refractivity contribution in [2.45, 2.75) is 4.90 Å². The zero-order valence-electron chi connectivity index (χ0n) is 9.99. The molecule has 2 rings (SSSR count). The molecule has 1 radical (unpaired) electrons. The molecule has 0 amide bonds. The molecule has 0 fully saturated rings. The van der Waals surface area contributed by atoms with Gasteiger partial charge in [-0.1, -0.05) is 0 Å². The Morgan fingerprint density at radius 3 is 1.41 bits per heavy atom. The Balaban J connectivity index is 3.23. The summed E-state index contributed by atoms with van der Waals surface area (Å²) in [6.07, 6.45) is 0. The number of fused-ring (bicyclic) bond motifs is 1. The lowest BCUT2D eigenvalue weighted by Crippen LogP contribution is -2.13. The molecule has 2 aromatic carbocycles. The maximum atomic E-state index is 14.0. The fourth-order valence-corrected chi connectivity index (χ4v) is 2.49. The Kier molecular flexibility index (Phi) is 3.81. The first-order valence-corrected chi connectivity index (χ1v) is 6.47. The molecule has 2 aromatic rings. The van der Waals surface area contributed by atoms with Crippen LogP contribution in [0.25, 0.3) is 10.8 Å². The predicted octanol–water partition coefficient (Wildman–Crippen LogP) is 3.31. The van der Waals surface area contributed by atoms with E-state index in [1.54, 1.807) is 0 Å². The van der Waals surface area contributed by atoms with Crippen LogP contribution in [-0.4, -0.2) is 8.42 Å². The normalized spacial score (nSPS) is 12.2. The van der Waals surface area contributed by atoms with Crippen molar-refractivity contribution in [3.8, 4) is 0 Å². The molecule has 3 nitrogen and oxygen atoms in total. The molecule has 0 atom stereocenters. The molecule has 11 heteroatoms. The molecule has 0 aromatic heterocycles. The van der Waals surface area contributed by atoms with Gasteiger partial charge in [0.2, 0.25) is 0 Å². The van der Waals surface area contributed by atoms with Gasteiger partial charge >= 0.3 is 10.1 Å². The van der Waals surface area contributed by atoms with E-state index in [0.717, 1.165) is 0 Å². The van der Waals surface area contributed by atoms with E-state index >= 15 is 0 Å². The van der Waals surface area contributed by atoms with Crippen molar-refractivity contribution < 1.29 is 43.3 Å². The van der Waals surface area contributed by atoms with E-state index in [-0.39, 0.29) is 0 Å². The molecule has 0 aliphatic heterocycles. The van der Waals surface area contributed by atoms with Crippen molar-refractivity contribution in [1.82, 2.24) is 0 Å². The van der Waals surface area contributed by atoms with Gasteiger partial charge in [-0.2, -0.15) is 8.42 Å². The van der Waals surface area contributed by atoms with Gasteiger partial charge in [0.25, 0.3) is 0 Å². The van der Waals surface area contributed by atoms with Gasteiger partial charge in [0.15, 0.2) is 45.6 Å². The number of rotatable bonds is 2. The lowest BCUT2D eigenvalue weighted by Gasteiger charge is -2.11. The molecule has 0 spiro atoms. The third-order valence-electron chi connectivity index (χ3n) is 2.70. The highest BCUT2D eigenvalue weighted by Gasteiger charge is 2.35. The summed E-state index contributed by atoms with van der Waals surface area (Å²) < 4.78 is 120. The average Bonchev–Trinajstić information content (AvgIpc) is 2.46. The summed E-state index contributed by atoms with van der Waals surface area (Å²) in [4.78, 5) is -2.16. The topological polar surface area (TPSA) is 43.4 Å². The molecule has 22 heavy (non-hydrogen) atoms. The molecule has 0 aliphatic carbocycles. The van der Waals surface area contributed by atoms with Crippen molar-refractivity contribution in [2.24, 2.45) is 0 Å². The lowest BCUT2D eigenvalue weighted by molar-refractivity contribution is 0.399. The van der Waals surface area contributed by atoms with Gasteiger partial charge in [-0.25, -0.2) is 30.7 Å². The van der Waals surface area contributed by atoms with Crippen LogP contribution in [0.1, 0.15) is 0 Å². The Labute approximate surface area is 118 Å². The molecule has 0 heterocycles. The van der Waals surface area contributed by atoms with Crippen LogP contribution < -0.4 is 0 Å². The second-order valence-electron chi connectivity index (χ2n) is 3.85. The quantitative estimate of drug-likeness (QED) is 0.362. The van der Waals surface area contributed by atoms with Gasteiger partial charge in [0.05, 0.1) is 17.9 Å². The van der Waals surface area contributed by atoms with Crippen LogP contribution in [0.4, 0.5) is 30.7 Å². The predicted molar refractivity (Wildman–Crippen MR) is 57.3 cm³/mol. The minimum atomic E-state index is -5.33. The van der Waals surface area contributed by atoms with Crippen LogP contribution in [0, 0.1) is 47.8 Å². The Morgan fingerprint density at radius 1 is 0.636 bits per heavy atom. The van der Waals surface area contributed by atoms with Gasteiger partial charge in [0.1, 0.15) is 0 Å². The fourth-order valence-electron chi connectivity index (χ4n) is 1.74. The van der Waals surface area contributed by atoms with E-state index in [9.17, 15) is 39.2 Å². The zero-order chi connectivity index (χ0) is 17.0. The lowest BCUT2D eigenvalue weighted by atomic mass is 10.1. The fraction of sp³-hybridized carbons (Fsp3) is 0. The summed E-state index contributed by atoms with van der Waals surface area (Å²) in [6, 6.07) is 0. The third-order valence-corrected chi connectivity index (χ3v) is 3.87. The summed E-state index contributed by atoms with van der Waals surface area (Å²) in [5.41, 5.74) is 0. The molecular formula is C11H2F7O3S. The molecule has 0 N–H and O–H groups in total. The Morgan fingerprint density at radius 2 is 1.00 bits per heavy atom. The summed E-state index contributed by atoms with van der Waals surface area (Å²) in [6.45, 7) is 0. The number of benzene rings is 2. The smallest absolute Gasteiger partial charge is 0.264 e. The highest BCUT2D eigenvalue weighted by Crippen LogP contribution is 2.36. The summed E-state index contributed by atoms with van der Waals surface area (Å²) >= 11 is 0. The largest absolute Gasteiger partial charge is 0.303 e. The third kappa shape index (κ3) is 2.03. The van der Waals surface area contributed by atoms with Gasteiger partial charge < -0.3 is 0 Å². The van der Waals surface area contributed by atoms with Gasteiger partial charge in [0, 0.05) is 0 Å². The standard InChI is InChI=1S/C11H2F7O3S/c1-21-22(19,20)11-7(15)3-2(6(14)10(11)18)4(12)8(16)9(17)5(3)13/h1H2. The Bertz CT molecular complexity index is 909. The van der Waals surface area contributed by atoms with Crippen molar-refractivity contribution in [3.63, 3.8) is 0 Å². The van der Waals surface area contributed by atoms with Crippen LogP contribution in [0.15, 0.2) is 4.90 Å². The first-order chi connectivity index (χ1) is 10.1. The molecule has 0 aliphatic rings. The first-order valence-electron chi connectivity index (χ1n) is 5.07. The van der Waals surface area contributed by atoms with Gasteiger partial charge in [-0.3, -0.25) is 4.18 Å². The van der Waals surface area contributed by atoms with Gasteiger partial charge in [-0.15, -0.1) is 0 Å². The summed E-state index contributed by atoms with van der Waals surface area (Å²) in [5.74, 6) is -17.3. The number of halogens is 7. The van der Waals surface area contributed by atoms with Gasteiger partial charge in [-0.05, 0) is 0 Å². The minimum Gasteiger partial charge on any atom is -0.264 e. The first kappa shape index (κ1) is 16.5. The highest BCUT2D eigenvalue weighted by atomic mass is 32.2. The summed E-state index contributed by atoms with van der Waals surface area (Å²) in [7, 11) is -2.98.